The molecule has 0 spiro atoms. The van der Waals surface area contributed by atoms with Gasteiger partial charge in [0.1, 0.15) is 5.69 Å². The van der Waals surface area contributed by atoms with Gasteiger partial charge in [-0.1, -0.05) is 42.5 Å². The van der Waals surface area contributed by atoms with E-state index in [9.17, 15) is 13.2 Å². The zero-order chi connectivity index (χ0) is 21.4. The van der Waals surface area contributed by atoms with Crippen LogP contribution in [0.5, 0.6) is 0 Å². The van der Waals surface area contributed by atoms with Gasteiger partial charge in [-0.2, -0.15) is 18.3 Å². The van der Waals surface area contributed by atoms with E-state index in [0.717, 1.165) is 24.8 Å². The summed E-state index contributed by atoms with van der Waals surface area (Å²) in [5, 5.41) is 6.83. The molecule has 1 aliphatic rings. The van der Waals surface area contributed by atoms with Crippen LogP contribution in [0.15, 0.2) is 60.7 Å². The summed E-state index contributed by atoms with van der Waals surface area (Å²) in [7, 11) is 0. The maximum atomic E-state index is 14.1. The highest BCUT2D eigenvalue weighted by molar-refractivity contribution is 5.95. The van der Waals surface area contributed by atoms with Gasteiger partial charge >= 0.3 is 6.18 Å². The topological polar surface area (TPSA) is 54.0 Å². The number of anilines is 1. The van der Waals surface area contributed by atoms with Crippen LogP contribution < -0.4 is 4.90 Å². The second-order valence-electron chi connectivity index (χ2n) is 7.36. The molecule has 1 saturated heterocycles. The molecule has 158 valence electrons. The maximum absolute atomic E-state index is 14.1. The molecule has 8 heteroatoms. The largest absolute Gasteiger partial charge is 0.417 e. The van der Waals surface area contributed by atoms with Gasteiger partial charge < -0.3 is 9.64 Å². The van der Waals surface area contributed by atoms with Crippen LogP contribution in [0.4, 0.5) is 18.9 Å². The lowest BCUT2D eigenvalue weighted by molar-refractivity contribution is -0.136. The van der Waals surface area contributed by atoms with E-state index in [2.05, 4.69) is 20.1 Å². The number of aromatic nitrogens is 3. The van der Waals surface area contributed by atoms with Crippen molar-refractivity contribution in [1.82, 2.24) is 15.2 Å². The number of nitrogens with zero attached hydrogens (tertiary/aromatic N) is 3. The van der Waals surface area contributed by atoms with Crippen molar-refractivity contribution in [2.24, 2.45) is 0 Å². The van der Waals surface area contributed by atoms with Gasteiger partial charge in [0.05, 0.1) is 29.9 Å². The molecule has 31 heavy (non-hydrogen) atoms. The molecular formula is C23H19F3N4O. The van der Waals surface area contributed by atoms with Crippen molar-refractivity contribution in [2.75, 3.05) is 31.2 Å². The molecular weight excluding hydrogens is 405 g/mol. The summed E-state index contributed by atoms with van der Waals surface area (Å²) in [5.74, 6) is 0. The Bertz CT molecular complexity index is 1210. The normalized spacial score (nSPS) is 14.9. The van der Waals surface area contributed by atoms with E-state index in [1.165, 1.54) is 0 Å². The van der Waals surface area contributed by atoms with Crippen LogP contribution in [-0.4, -0.2) is 41.5 Å². The van der Waals surface area contributed by atoms with Crippen LogP contribution in [0, 0.1) is 0 Å². The van der Waals surface area contributed by atoms with E-state index in [0.29, 0.717) is 24.3 Å². The second kappa shape index (κ2) is 7.70. The monoisotopic (exact) mass is 424 g/mol. The number of ether oxygens (including phenoxy) is 1. The fourth-order valence-electron chi connectivity index (χ4n) is 3.89. The molecule has 0 atom stereocenters. The highest BCUT2D eigenvalue weighted by atomic mass is 19.4. The number of rotatable bonds is 3. The molecule has 1 aliphatic heterocycles. The third-order valence-corrected chi connectivity index (χ3v) is 5.40. The first-order valence-corrected chi connectivity index (χ1v) is 9.95. The van der Waals surface area contributed by atoms with Gasteiger partial charge in [-0.15, -0.1) is 0 Å². The molecule has 4 aromatic rings. The van der Waals surface area contributed by atoms with Gasteiger partial charge in [0, 0.05) is 29.9 Å². The summed E-state index contributed by atoms with van der Waals surface area (Å²) in [5.41, 5.74) is 2.00. The molecule has 0 amide bonds. The Kier molecular flexibility index (Phi) is 4.86. The van der Waals surface area contributed by atoms with Crippen LogP contribution in [0.25, 0.3) is 33.5 Å². The van der Waals surface area contributed by atoms with Crippen molar-refractivity contribution < 1.29 is 17.9 Å². The van der Waals surface area contributed by atoms with Crippen LogP contribution in [-0.2, 0) is 10.9 Å². The first-order valence-electron chi connectivity index (χ1n) is 9.95. The third-order valence-electron chi connectivity index (χ3n) is 5.40. The van der Waals surface area contributed by atoms with Crippen LogP contribution in [0.3, 0.4) is 0 Å². The number of nitrogens with one attached hydrogen (secondary N) is 1. The smallest absolute Gasteiger partial charge is 0.378 e. The van der Waals surface area contributed by atoms with E-state index >= 15 is 0 Å². The van der Waals surface area contributed by atoms with E-state index in [-0.39, 0.29) is 22.4 Å². The molecule has 0 unspecified atom stereocenters. The number of morpholine rings is 1. The number of hydrogen-bond acceptors (Lipinski definition) is 4. The van der Waals surface area contributed by atoms with Crippen molar-refractivity contribution in [2.45, 2.75) is 6.18 Å². The Balaban J connectivity index is 1.65. The molecule has 2 aromatic carbocycles. The predicted molar refractivity (Wildman–Crippen MR) is 113 cm³/mol. The lowest BCUT2D eigenvalue weighted by atomic mass is 10.0. The van der Waals surface area contributed by atoms with Crippen molar-refractivity contribution >= 4 is 16.7 Å². The number of pyridine rings is 1. The van der Waals surface area contributed by atoms with Crippen molar-refractivity contribution in [1.29, 1.82) is 0 Å². The molecule has 0 bridgehead atoms. The quantitative estimate of drug-likeness (QED) is 0.494. The average Bonchev–Trinajstić information content (AvgIpc) is 3.23. The number of fused-ring (bicyclic) bond motifs is 1. The molecule has 1 fully saturated rings. The summed E-state index contributed by atoms with van der Waals surface area (Å²) >= 11 is 0. The maximum Gasteiger partial charge on any atom is 0.417 e. The van der Waals surface area contributed by atoms with Crippen molar-refractivity contribution in [3.63, 3.8) is 0 Å². The standard InChI is InChI=1S/C23H19F3N4O/c24-23(25,26)18-14-19(16-7-4-8-17(13-16)30-9-11-31-12-10-30)27-22-20(18)21(28-29-22)15-5-2-1-3-6-15/h1-8,13-14H,9-12H2,(H,27,28,29). The minimum Gasteiger partial charge on any atom is -0.378 e. The Labute approximate surface area is 176 Å². The average molecular weight is 424 g/mol. The third kappa shape index (κ3) is 3.74. The second-order valence-corrected chi connectivity index (χ2v) is 7.36. The summed E-state index contributed by atoms with van der Waals surface area (Å²) in [6.07, 6.45) is -4.55. The minimum absolute atomic E-state index is 0.0215. The zero-order valence-electron chi connectivity index (χ0n) is 16.5. The Morgan fingerprint density at radius 1 is 0.903 bits per heavy atom. The first-order chi connectivity index (χ1) is 15.0. The molecule has 5 rings (SSSR count). The lowest BCUT2D eigenvalue weighted by Gasteiger charge is -2.29. The van der Waals surface area contributed by atoms with E-state index in [4.69, 9.17) is 4.74 Å². The Morgan fingerprint density at radius 3 is 2.39 bits per heavy atom. The number of aromatic amines is 1. The van der Waals surface area contributed by atoms with Crippen LogP contribution in [0.2, 0.25) is 0 Å². The highest BCUT2D eigenvalue weighted by Gasteiger charge is 2.35. The van der Waals surface area contributed by atoms with Crippen molar-refractivity contribution in [3.05, 3.63) is 66.2 Å². The number of alkyl halides is 3. The molecule has 0 radical (unpaired) electrons. The van der Waals surface area contributed by atoms with Gasteiger partial charge in [0.2, 0.25) is 0 Å². The molecule has 0 saturated carbocycles. The highest BCUT2D eigenvalue weighted by Crippen LogP contribution is 2.40. The summed E-state index contributed by atoms with van der Waals surface area (Å²) in [6.45, 7) is 2.74. The molecule has 0 aliphatic carbocycles. The lowest BCUT2D eigenvalue weighted by Crippen LogP contribution is -2.36. The number of halogens is 3. The van der Waals surface area contributed by atoms with E-state index in [1.807, 2.05) is 18.2 Å². The molecule has 1 N–H and O–H groups in total. The summed E-state index contributed by atoms with van der Waals surface area (Å²) in [4.78, 5) is 6.64. The zero-order valence-corrected chi connectivity index (χ0v) is 16.5. The van der Waals surface area contributed by atoms with E-state index < -0.39 is 11.7 Å². The van der Waals surface area contributed by atoms with Gasteiger partial charge in [0.15, 0.2) is 5.65 Å². The fraction of sp³-hybridized carbons (Fsp3) is 0.217. The number of benzene rings is 2. The SMILES string of the molecule is FC(F)(F)c1cc(-c2cccc(N3CCOCC3)c2)nc2[nH]nc(-c3ccccc3)c12. The van der Waals surface area contributed by atoms with E-state index in [1.54, 1.807) is 36.4 Å². The molecule has 5 nitrogen and oxygen atoms in total. The Hall–Kier alpha value is -3.39. The summed E-state index contributed by atoms with van der Waals surface area (Å²) in [6, 6.07) is 17.3. The molecule has 3 heterocycles. The van der Waals surface area contributed by atoms with Gasteiger partial charge in [0.25, 0.3) is 0 Å². The van der Waals surface area contributed by atoms with Crippen molar-refractivity contribution in [3.8, 4) is 22.5 Å². The minimum atomic E-state index is -4.55. The van der Waals surface area contributed by atoms with Crippen LogP contribution >= 0.6 is 0 Å². The van der Waals surface area contributed by atoms with Crippen LogP contribution in [0.1, 0.15) is 5.56 Å². The predicted octanol–water partition coefficient (Wildman–Crippen LogP) is 5.15. The number of H-pyrrole nitrogens is 1. The Morgan fingerprint density at radius 2 is 1.65 bits per heavy atom. The van der Waals surface area contributed by atoms with Gasteiger partial charge in [-0.25, -0.2) is 4.98 Å². The van der Waals surface area contributed by atoms with Gasteiger partial charge in [-0.3, -0.25) is 5.10 Å². The number of hydrogen-bond donors (Lipinski definition) is 1. The first kappa shape index (κ1) is 19.6. The molecule has 2 aromatic heterocycles. The fourth-order valence-corrected chi connectivity index (χ4v) is 3.89. The summed E-state index contributed by atoms with van der Waals surface area (Å²) < 4.78 is 47.6. The van der Waals surface area contributed by atoms with Gasteiger partial charge in [-0.05, 0) is 18.2 Å².